The second-order valence-corrected chi connectivity index (χ2v) is 9.17. The van der Waals surface area contributed by atoms with E-state index in [2.05, 4.69) is 4.98 Å². The van der Waals surface area contributed by atoms with Crippen LogP contribution in [0.3, 0.4) is 0 Å². The van der Waals surface area contributed by atoms with Gasteiger partial charge in [-0.15, -0.1) is 0 Å². The number of hydrogen-bond donors (Lipinski definition) is 0. The van der Waals surface area contributed by atoms with E-state index < -0.39 is 15.6 Å². The lowest BCUT2D eigenvalue weighted by Gasteiger charge is -2.24. The van der Waals surface area contributed by atoms with Crippen molar-refractivity contribution in [2.24, 2.45) is 0 Å². The average molecular weight is 439 g/mol. The monoisotopic (exact) mass is 438 g/mol. The van der Waals surface area contributed by atoms with Crippen LogP contribution in [0, 0.1) is 0 Å². The van der Waals surface area contributed by atoms with Crippen LogP contribution < -0.4 is 4.90 Å². The van der Waals surface area contributed by atoms with E-state index in [9.17, 15) is 13.2 Å². The van der Waals surface area contributed by atoms with Crippen LogP contribution in [0.5, 0.6) is 0 Å². The fourth-order valence-corrected chi connectivity index (χ4v) is 5.34. The first kappa shape index (κ1) is 19.9. The quantitative estimate of drug-likeness (QED) is 0.390. The van der Waals surface area contributed by atoms with Crippen LogP contribution in [0.1, 0.15) is 15.9 Å². The summed E-state index contributed by atoms with van der Waals surface area (Å²) >= 11 is 0. The average Bonchev–Trinajstić information content (AvgIpc) is 3.02. The van der Waals surface area contributed by atoms with Crippen molar-refractivity contribution in [2.45, 2.75) is 4.90 Å². The Kier molecular flexibility index (Phi) is 4.92. The minimum atomic E-state index is -3.82. The number of fused-ring (bicyclic) bond motifs is 1. The Hall–Kier alpha value is -4.03. The van der Waals surface area contributed by atoms with E-state index in [1.807, 2.05) is 65.6 Å². The second kappa shape index (κ2) is 7.90. The SMILES string of the molecule is O=C1/C(=C/c2ccc(N(c3ccccc3)c3ccccn3)cc2)S(=O)(=O)c2ccccc21. The molecule has 0 atom stereocenters. The van der Waals surface area contributed by atoms with Gasteiger partial charge in [0.25, 0.3) is 0 Å². The highest BCUT2D eigenvalue weighted by atomic mass is 32.2. The highest BCUT2D eigenvalue weighted by Gasteiger charge is 2.38. The largest absolute Gasteiger partial charge is 0.295 e. The van der Waals surface area contributed by atoms with Gasteiger partial charge in [-0.05, 0) is 60.2 Å². The third kappa shape index (κ3) is 3.40. The molecule has 0 amide bonds. The van der Waals surface area contributed by atoms with Crippen LogP contribution in [0.25, 0.3) is 6.08 Å². The van der Waals surface area contributed by atoms with Crippen molar-refractivity contribution in [3.8, 4) is 0 Å². The van der Waals surface area contributed by atoms with Crippen molar-refractivity contribution in [1.82, 2.24) is 4.98 Å². The molecule has 0 unspecified atom stereocenters. The van der Waals surface area contributed by atoms with Crippen molar-refractivity contribution in [2.75, 3.05) is 4.90 Å². The molecule has 1 aliphatic rings. The second-order valence-electron chi connectivity index (χ2n) is 7.29. The number of allylic oxidation sites excluding steroid dienone is 1. The third-order valence-electron chi connectivity index (χ3n) is 5.28. The van der Waals surface area contributed by atoms with Gasteiger partial charge in [0.2, 0.25) is 15.6 Å². The molecule has 6 heteroatoms. The van der Waals surface area contributed by atoms with Crippen molar-refractivity contribution >= 4 is 38.9 Å². The van der Waals surface area contributed by atoms with E-state index in [1.165, 1.54) is 12.1 Å². The number of pyridine rings is 1. The first-order valence-electron chi connectivity index (χ1n) is 10.0. The van der Waals surface area contributed by atoms with Crippen molar-refractivity contribution in [3.05, 3.63) is 119 Å². The van der Waals surface area contributed by atoms with Gasteiger partial charge in [0.05, 0.1) is 4.90 Å². The zero-order valence-corrected chi connectivity index (χ0v) is 17.7. The zero-order chi connectivity index (χ0) is 22.1. The molecule has 0 N–H and O–H groups in total. The molecule has 156 valence electrons. The molecule has 5 nitrogen and oxygen atoms in total. The Labute approximate surface area is 186 Å². The molecule has 1 aromatic heterocycles. The van der Waals surface area contributed by atoms with Crippen LogP contribution in [-0.2, 0) is 9.84 Å². The highest BCUT2D eigenvalue weighted by molar-refractivity contribution is 7.97. The molecule has 0 spiro atoms. The molecule has 32 heavy (non-hydrogen) atoms. The zero-order valence-electron chi connectivity index (χ0n) is 16.9. The van der Waals surface area contributed by atoms with Crippen molar-refractivity contribution < 1.29 is 13.2 Å². The molecule has 2 heterocycles. The van der Waals surface area contributed by atoms with E-state index in [-0.39, 0.29) is 15.4 Å². The number of para-hydroxylation sites is 1. The van der Waals surface area contributed by atoms with Gasteiger partial charge in [-0.2, -0.15) is 0 Å². The molecule has 5 rings (SSSR count). The number of aromatic nitrogens is 1. The number of anilines is 3. The third-order valence-corrected chi connectivity index (χ3v) is 7.09. The normalized spacial score (nSPS) is 15.5. The van der Waals surface area contributed by atoms with Crippen LogP contribution in [0.4, 0.5) is 17.2 Å². The number of nitrogens with zero attached hydrogens (tertiary/aromatic N) is 2. The number of sulfone groups is 1. The van der Waals surface area contributed by atoms with Crippen LogP contribution in [-0.4, -0.2) is 19.2 Å². The predicted octanol–water partition coefficient (Wildman–Crippen LogP) is 5.56. The minimum Gasteiger partial charge on any atom is -0.295 e. The molecule has 0 fully saturated rings. The summed E-state index contributed by atoms with van der Waals surface area (Å²) in [5, 5.41) is 0. The summed E-state index contributed by atoms with van der Waals surface area (Å²) in [6, 6.07) is 29.2. The molecule has 3 aromatic carbocycles. The summed E-state index contributed by atoms with van der Waals surface area (Å²) in [5.74, 6) is 0.290. The van der Waals surface area contributed by atoms with Gasteiger partial charge in [-0.25, -0.2) is 13.4 Å². The first-order chi connectivity index (χ1) is 15.6. The van der Waals surface area contributed by atoms with E-state index in [4.69, 9.17) is 0 Å². The van der Waals surface area contributed by atoms with Gasteiger partial charge in [0.15, 0.2) is 0 Å². The van der Waals surface area contributed by atoms with Gasteiger partial charge in [-0.1, -0.05) is 48.5 Å². The fourth-order valence-electron chi connectivity index (χ4n) is 3.75. The number of ketones is 1. The van der Waals surface area contributed by atoms with Gasteiger partial charge in [0, 0.05) is 23.1 Å². The molecule has 0 saturated carbocycles. The lowest BCUT2D eigenvalue weighted by atomic mass is 10.1. The molecule has 0 saturated heterocycles. The summed E-state index contributed by atoms with van der Waals surface area (Å²) in [6.07, 6.45) is 3.17. The summed E-state index contributed by atoms with van der Waals surface area (Å²) in [5.41, 5.74) is 2.66. The maximum atomic E-state index is 12.8. The van der Waals surface area contributed by atoms with Crippen LogP contribution in [0.2, 0.25) is 0 Å². The van der Waals surface area contributed by atoms with Crippen LogP contribution >= 0.6 is 0 Å². The van der Waals surface area contributed by atoms with Crippen molar-refractivity contribution in [3.63, 3.8) is 0 Å². The number of hydrogen-bond acceptors (Lipinski definition) is 5. The Morgan fingerprint density at radius 2 is 1.38 bits per heavy atom. The van der Waals surface area contributed by atoms with E-state index in [0.717, 1.165) is 17.2 Å². The minimum absolute atomic E-state index is 0.0678. The van der Waals surface area contributed by atoms with Gasteiger partial charge >= 0.3 is 0 Å². The molecule has 0 radical (unpaired) electrons. The molecule has 4 aromatic rings. The Morgan fingerprint density at radius 3 is 2.06 bits per heavy atom. The highest BCUT2D eigenvalue weighted by Crippen LogP contribution is 2.36. The number of rotatable bonds is 4. The topological polar surface area (TPSA) is 67.3 Å². The van der Waals surface area contributed by atoms with Crippen LogP contribution in [0.15, 0.2) is 113 Å². The van der Waals surface area contributed by atoms with Gasteiger partial charge in [-0.3, -0.25) is 9.69 Å². The predicted molar refractivity (Wildman–Crippen MR) is 125 cm³/mol. The Bertz CT molecular complexity index is 1390. The van der Waals surface area contributed by atoms with Crippen molar-refractivity contribution in [1.29, 1.82) is 0 Å². The number of Topliss-reactive ketones (excluding diaryl/α,β-unsaturated/α-hetero) is 1. The maximum absolute atomic E-state index is 12.8. The lowest BCUT2D eigenvalue weighted by Crippen LogP contribution is -2.11. The summed E-state index contributed by atoms with van der Waals surface area (Å²) in [7, 11) is -3.82. The molecule has 1 aliphatic heterocycles. The molecule has 0 aliphatic carbocycles. The number of carbonyl (C=O) groups excluding carboxylic acids is 1. The number of carbonyl (C=O) groups is 1. The number of benzene rings is 3. The molecular weight excluding hydrogens is 420 g/mol. The van der Waals surface area contributed by atoms with E-state index in [0.29, 0.717) is 5.56 Å². The van der Waals surface area contributed by atoms with Gasteiger partial charge < -0.3 is 0 Å². The summed E-state index contributed by atoms with van der Waals surface area (Å²) in [4.78, 5) is 19.1. The van der Waals surface area contributed by atoms with Gasteiger partial charge in [0.1, 0.15) is 10.7 Å². The van der Waals surface area contributed by atoms with E-state index >= 15 is 0 Å². The standard InChI is InChI=1S/C26H18N2O3S/c29-26-22-10-4-5-11-23(22)32(30,31)24(26)18-19-13-15-21(16-14-19)28(20-8-2-1-3-9-20)25-12-6-7-17-27-25/h1-18H/b24-18-. The molecule has 0 bridgehead atoms. The molecular formula is C26H18N2O3S. The summed E-state index contributed by atoms with van der Waals surface area (Å²) < 4.78 is 25.7. The maximum Gasteiger partial charge on any atom is 0.211 e. The Balaban J connectivity index is 1.54. The fraction of sp³-hybridized carbons (Fsp3) is 0. The lowest BCUT2D eigenvalue weighted by molar-refractivity contribution is 0.104. The Morgan fingerprint density at radius 1 is 0.719 bits per heavy atom. The first-order valence-corrected chi connectivity index (χ1v) is 11.5. The summed E-state index contributed by atoms with van der Waals surface area (Å²) in [6.45, 7) is 0. The smallest absolute Gasteiger partial charge is 0.211 e. The van der Waals surface area contributed by atoms with E-state index in [1.54, 1.807) is 36.5 Å².